The highest BCUT2D eigenvalue weighted by Gasteiger charge is 2.42. The molecule has 2 fully saturated rings. The zero-order chi connectivity index (χ0) is 14.5. The molecule has 0 spiro atoms. The number of halogens is 3. The molecule has 0 aromatic carbocycles. The second-order valence-electron chi connectivity index (χ2n) is 5.39. The number of nitrogens with two attached hydrogens (primary N) is 1. The normalized spacial score (nSPS) is 29.8. The van der Waals surface area contributed by atoms with Crippen LogP contribution in [-0.2, 0) is 6.18 Å². The molecule has 0 amide bonds. The van der Waals surface area contributed by atoms with Crippen molar-refractivity contribution in [3.8, 4) is 0 Å². The van der Waals surface area contributed by atoms with Gasteiger partial charge in [0.1, 0.15) is 11.6 Å². The molecule has 2 unspecified atom stereocenters. The number of rotatable bonds is 1. The van der Waals surface area contributed by atoms with Crippen molar-refractivity contribution in [1.82, 2.24) is 9.97 Å². The predicted molar refractivity (Wildman–Crippen MR) is 66.0 cm³/mol. The van der Waals surface area contributed by atoms with Crippen molar-refractivity contribution < 1.29 is 18.3 Å². The SMILES string of the molecule is Nc1cc(N2C3CCC2CC(O)C3)nc(C(F)(F)F)n1. The van der Waals surface area contributed by atoms with Gasteiger partial charge in [0.15, 0.2) is 0 Å². The van der Waals surface area contributed by atoms with Gasteiger partial charge in [0.25, 0.3) is 0 Å². The van der Waals surface area contributed by atoms with E-state index in [-0.39, 0.29) is 29.8 Å². The van der Waals surface area contributed by atoms with Gasteiger partial charge in [-0.2, -0.15) is 13.2 Å². The lowest BCUT2D eigenvalue weighted by Crippen LogP contribution is -2.45. The molecule has 0 aliphatic carbocycles. The molecular weight excluding hydrogens is 273 g/mol. The van der Waals surface area contributed by atoms with E-state index in [1.165, 1.54) is 6.07 Å². The summed E-state index contributed by atoms with van der Waals surface area (Å²) in [5, 5.41) is 9.73. The van der Waals surface area contributed by atoms with Crippen molar-refractivity contribution in [3.05, 3.63) is 11.9 Å². The predicted octanol–water partition coefficient (Wildman–Crippen LogP) is 1.57. The van der Waals surface area contributed by atoms with E-state index in [2.05, 4.69) is 9.97 Å². The zero-order valence-electron chi connectivity index (χ0n) is 10.6. The number of hydrogen-bond acceptors (Lipinski definition) is 5. The van der Waals surface area contributed by atoms with E-state index in [0.717, 1.165) is 12.8 Å². The van der Waals surface area contributed by atoms with E-state index in [9.17, 15) is 18.3 Å². The van der Waals surface area contributed by atoms with E-state index < -0.39 is 12.0 Å². The Morgan fingerprint density at radius 1 is 1.20 bits per heavy atom. The summed E-state index contributed by atoms with van der Waals surface area (Å²) in [6.45, 7) is 0. The van der Waals surface area contributed by atoms with Crippen LogP contribution in [0.15, 0.2) is 6.07 Å². The molecule has 2 atom stereocenters. The summed E-state index contributed by atoms with van der Waals surface area (Å²) in [6.07, 6.45) is -2.17. The van der Waals surface area contributed by atoms with Crippen LogP contribution >= 0.6 is 0 Å². The van der Waals surface area contributed by atoms with Crippen molar-refractivity contribution in [2.75, 3.05) is 10.6 Å². The van der Waals surface area contributed by atoms with Gasteiger partial charge in [-0.1, -0.05) is 0 Å². The summed E-state index contributed by atoms with van der Waals surface area (Å²) in [5.41, 5.74) is 5.47. The first-order valence-electron chi connectivity index (χ1n) is 6.53. The quantitative estimate of drug-likeness (QED) is 0.820. The molecule has 2 aliphatic rings. The van der Waals surface area contributed by atoms with Crippen LogP contribution in [0.25, 0.3) is 0 Å². The second-order valence-corrected chi connectivity index (χ2v) is 5.39. The molecule has 3 rings (SSSR count). The minimum absolute atomic E-state index is 0.0270. The fourth-order valence-corrected chi connectivity index (χ4v) is 3.23. The Labute approximate surface area is 113 Å². The number of alkyl halides is 3. The van der Waals surface area contributed by atoms with Gasteiger partial charge in [-0.15, -0.1) is 0 Å². The van der Waals surface area contributed by atoms with E-state index in [1.807, 2.05) is 4.90 Å². The maximum Gasteiger partial charge on any atom is 0.451 e. The van der Waals surface area contributed by atoms with Crippen LogP contribution in [0.3, 0.4) is 0 Å². The smallest absolute Gasteiger partial charge is 0.393 e. The number of fused-ring (bicyclic) bond motifs is 2. The van der Waals surface area contributed by atoms with Gasteiger partial charge >= 0.3 is 6.18 Å². The summed E-state index contributed by atoms with van der Waals surface area (Å²) < 4.78 is 38.2. The van der Waals surface area contributed by atoms with E-state index in [4.69, 9.17) is 5.73 Å². The van der Waals surface area contributed by atoms with Crippen LogP contribution in [-0.4, -0.2) is 33.3 Å². The molecule has 2 bridgehead atoms. The highest BCUT2D eigenvalue weighted by molar-refractivity contribution is 5.50. The molecule has 1 aromatic heterocycles. The molecular formula is C12H15F3N4O. The van der Waals surface area contributed by atoms with Crippen LogP contribution in [0.5, 0.6) is 0 Å². The zero-order valence-corrected chi connectivity index (χ0v) is 10.6. The lowest BCUT2D eigenvalue weighted by atomic mass is 10.00. The number of aliphatic hydroxyl groups excluding tert-OH is 1. The van der Waals surface area contributed by atoms with Crippen molar-refractivity contribution in [2.45, 2.75) is 50.0 Å². The van der Waals surface area contributed by atoms with Crippen LogP contribution in [0, 0.1) is 0 Å². The minimum atomic E-state index is -4.61. The van der Waals surface area contributed by atoms with E-state index in [1.54, 1.807) is 0 Å². The monoisotopic (exact) mass is 288 g/mol. The summed E-state index contributed by atoms with van der Waals surface area (Å²) in [5.74, 6) is -1.19. The van der Waals surface area contributed by atoms with Crippen LogP contribution in [0.4, 0.5) is 24.8 Å². The topological polar surface area (TPSA) is 75.3 Å². The molecule has 3 heterocycles. The highest BCUT2D eigenvalue weighted by Crippen LogP contribution is 2.39. The average molecular weight is 288 g/mol. The fraction of sp³-hybridized carbons (Fsp3) is 0.667. The van der Waals surface area contributed by atoms with Crippen LogP contribution < -0.4 is 10.6 Å². The molecule has 0 radical (unpaired) electrons. The summed E-state index contributed by atoms with van der Waals surface area (Å²) in [4.78, 5) is 8.73. The van der Waals surface area contributed by atoms with Crippen molar-refractivity contribution >= 4 is 11.6 Å². The Morgan fingerprint density at radius 3 is 2.35 bits per heavy atom. The number of nitrogen functional groups attached to an aromatic ring is 1. The Kier molecular flexibility index (Phi) is 3.00. The Hall–Kier alpha value is -1.57. The summed E-state index contributed by atoms with van der Waals surface area (Å²) in [7, 11) is 0. The standard InChI is InChI=1S/C12H15F3N4O/c13-12(14,15)11-17-9(16)5-10(18-11)19-6-1-2-7(19)4-8(20)3-6/h5-8,20H,1-4H2,(H2,16,17,18). The van der Waals surface area contributed by atoms with Crippen molar-refractivity contribution in [1.29, 1.82) is 0 Å². The average Bonchev–Trinajstić information content (AvgIpc) is 2.60. The molecule has 0 saturated carbocycles. The molecule has 1 aromatic rings. The van der Waals surface area contributed by atoms with Gasteiger partial charge in [0, 0.05) is 18.2 Å². The van der Waals surface area contributed by atoms with Crippen molar-refractivity contribution in [2.24, 2.45) is 0 Å². The first-order valence-corrected chi connectivity index (χ1v) is 6.53. The molecule has 110 valence electrons. The fourth-order valence-electron chi connectivity index (χ4n) is 3.23. The first kappa shape index (κ1) is 13.4. The van der Waals surface area contributed by atoms with Gasteiger partial charge in [0.2, 0.25) is 5.82 Å². The Balaban J connectivity index is 1.97. The number of aromatic nitrogens is 2. The molecule has 20 heavy (non-hydrogen) atoms. The number of nitrogens with zero attached hydrogens (tertiary/aromatic N) is 3. The van der Waals surface area contributed by atoms with Gasteiger partial charge < -0.3 is 15.7 Å². The third-order valence-electron chi connectivity index (χ3n) is 3.96. The molecule has 2 aliphatic heterocycles. The molecule has 5 nitrogen and oxygen atoms in total. The number of piperidine rings is 1. The first-order chi connectivity index (χ1) is 9.34. The van der Waals surface area contributed by atoms with Gasteiger partial charge in [-0.05, 0) is 25.7 Å². The van der Waals surface area contributed by atoms with Gasteiger partial charge in [0.05, 0.1) is 6.10 Å². The summed E-state index contributed by atoms with van der Waals surface area (Å²) >= 11 is 0. The van der Waals surface area contributed by atoms with Crippen molar-refractivity contribution in [3.63, 3.8) is 0 Å². The molecule has 3 N–H and O–H groups in total. The van der Waals surface area contributed by atoms with Crippen LogP contribution in [0.1, 0.15) is 31.5 Å². The number of aliphatic hydroxyl groups is 1. The maximum absolute atomic E-state index is 12.7. The molecule has 2 saturated heterocycles. The van der Waals surface area contributed by atoms with E-state index in [0.29, 0.717) is 12.8 Å². The second kappa shape index (κ2) is 4.47. The van der Waals surface area contributed by atoms with Crippen LogP contribution in [0.2, 0.25) is 0 Å². The Morgan fingerprint density at radius 2 is 1.80 bits per heavy atom. The number of anilines is 2. The largest absolute Gasteiger partial charge is 0.451 e. The maximum atomic E-state index is 12.7. The lowest BCUT2D eigenvalue weighted by molar-refractivity contribution is -0.144. The third-order valence-corrected chi connectivity index (χ3v) is 3.96. The van der Waals surface area contributed by atoms with Gasteiger partial charge in [-0.25, -0.2) is 9.97 Å². The summed E-state index contributed by atoms with van der Waals surface area (Å²) in [6, 6.07) is 1.43. The minimum Gasteiger partial charge on any atom is -0.393 e. The van der Waals surface area contributed by atoms with Gasteiger partial charge in [-0.3, -0.25) is 0 Å². The van der Waals surface area contributed by atoms with E-state index >= 15 is 0 Å². The number of hydrogen-bond donors (Lipinski definition) is 2. The molecule has 8 heteroatoms. The lowest BCUT2D eigenvalue weighted by Gasteiger charge is -2.38. The Bertz CT molecular complexity index is 508. The third kappa shape index (κ3) is 2.28. The highest BCUT2D eigenvalue weighted by atomic mass is 19.4.